The van der Waals surface area contributed by atoms with E-state index in [-0.39, 0.29) is 25.2 Å². The fourth-order valence-electron chi connectivity index (χ4n) is 6.09. The highest BCUT2D eigenvalue weighted by molar-refractivity contribution is 7.14. The number of rotatable bonds is 10. The van der Waals surface area contributed by atoms with Gasteiger partial charge in [0.05, 0.1) is 54.3 Å². The van der Waals surface area contributed by atoms with Crippen LogP contribution in [0.2, 0.25) is 0 Å². The Morgan fingerprint density at radius 2 is 1.11 bits per heavy atom. The Kier molecular flexibility index (Phi) is 14.9. The Hall–Kier alpha value is -5.62. The summed E-state index contributed by atoms with van der Waals surface area (Å²) in [5, 5.41) is 20.8. The van der Waals surface area contributed by atoms with Crippen LogP contribution in [0, 0.1) is 13.8 Å². The molecule has 2 aliphatic heterocycles. The molecule has 0 bridgehead atoms. The topological polar surface area (TPSA) is 208 Å². The van der Waals surface area contributed by atoms with Crippen molar-refractivity contribution in [2.75, 3.05) is 64.4 Å². The lowest BCUT2D eigenvalue weighted by atomic mass is 10.1. The van der Waals surface area contributed by atoms with Crippen molar-refractivity contribution in [3.8, 4) is 0 Å². The maximum absolute atomic E-state index is 12.5. The molecule has 8 N–H and O–H groups in total. The van der Waals surface area contributed by atoms with Crippen LogP contribution in [-0.4, -0.2) is 67.4 Å². The standard InChI is InChI=1S/C19H25N5O3S.C18H24N6O2S/c1-13-6-7-15(16(10-13)24-8-4-3-5-9-24)22-17(25)23-18-21-14(12-28-18)11-20-19(26)27-2;1-12-5-6-14(15(9-12)24-7-3-2-4-8-24)22-17(26)23-18-21-13(11-27-18)10-20-16(19)25/h6-7,10,12H,3-5,8-9,11H2,1-2H3,(H,20,26)(H2,21,22,23,25);5-6,9,11H,2-4,7-8,10H2,1H3,(H3,19,20,25)(H2,21,22,23,26). The van der Waals surface area contributed by atoms with E-state index in [4.69, 9.17) is 5.73 Å². The number of alkyl carbamates (subject to hydrolysis) is 1. The Balaban J connectivity index is 0.000000211. The number of aryl methyl sites for hydroxylation is 2. The first-order valence-corrected chi connectivity index (χ1v) is 19.9. The first-order valence-electron chi connectivity index (χ1n) is 18.2. The first kappa shape index (κ1) is 40.6. The van der Waals surface area contributed by atoms with E-state index in [0.717, 1.165) is 60.1 Å². The Labute approximate surface area is 328 Å². The van der Waals surface area contributed by atoms with Gasteiger partial charge in [0.2, 0.25) is 0 Å². The maximum atomic E-state index is 12.5. The zero-order valence-electron chi connectivity index (χ0n) is 31.3. The number of methoxy groups -OCH3 is 1. The minimum Gasteiger partial charge on any atom is -0.453 e. The van der Waals surface area contributed by atoms with Crippen LogP contribution in [0.25, 0.3) is 0 Å². The molecule has 16 nitrogen and oxygen atoms in total. The molecule has 18 heteroatoms. The van der Waals surface area contributed by atoms with E-state index in [2.05, 4.69) is 82.4 Å². The van der Waals surface area contributed by atoms with Crippen molar-refractivity contribution in [3.05, 3.63) is 69.7 Å². The molecule has 0 radical (unpaired) electrons. The molecule has 2 aromatic heterocycles. The minimum absolute atomic E-state index is 0.228. The number of ether oxygens (including phenoxy) is 1. The number of amides is 7. The summed E-state index contributed by atoms with van der Waals surface area (Å²) >= 11 is 2.59. The molecule has 0 saturated carbocycles. The van der Waals surface area contributed by atoms with Crippen LogP contribution in [0.15, 0.2) is 47.2 Å². The molecule has 4 heterocycles. The van der Waals surface area contributed by atoms with E-state index >= 15 is 0 Å². The third-order valence-electron chi connectivity index (χ3n) is 8.78. The third kappa shape index (κ3) is 12.7. The smallest absolute Gasteiger partial charge is 0.407 e. The van der Waals surface area contributed by atoms with Crippen molar-refractivity contribution in [3.63, 3.8) is 0 Å². The predicted octanol–water partition coefficient (Wildman–Crippen LogP) is 7.20. The van der Waals surface area contributed by atoms with Gasteiger partial charge < -0.3 is 41.5 Å². The van der Waals surface area contributed by atoms with Crippen molar-refractivity contribution < 1.29 is 23.9 Å². The zero-order valence-corrected chi connectivity index (χ0v) is 33.0. The number of benzene rings is 2. The van der Waals surface area contributed by atoms with Gasteiger partial charge >= 0.3 is 24.2 Å². The van der Waals surface area contributed by atoms with Crippen molar-refractivity contribution in [2.24, 2.45) is 5.73 Å². The number of nitrogens with two attached hydrogens (primary N) is 1. The average Bonchev–Trinajstić information content (AvgIpc) is 3.84. The van der Waals surface area contributed by atoms with Gasteiger partial charge in [0, 0.05) is 36.9 Å². The molecule has 2 saturated heterocycles. The SMILES string of the molecule is COC(=O)NCc1csc(NC(=O)Nc2ccc(C)cc2N2CCCCC2)n1.Cc1ccc(NC(=O)Nc2nc(CNC(N)=O)cs2)c(N2CCCCC2)c1. The summed E-state index contributed by atoms with van der Waals surface area (Å²) < 4.78 is 4.52. The molecular weight excluding hydrogens is 743 g/mol. The summed E-state index contributed by atoms with van der Waals surface area (Å²) in [5.41, 5.74) is 12.3. The summed E-state index contributed by atoms with van der Waals surface area (Å²) in [6, 6.07) is 10.8. The van der Waals surface area contributed by atoms with Crippen LogP contribution < -0.4 is 47.4 Å². The van der Waals surface area contributed by atoms with Gasteiger partial charge in [0.15, 0.2) is 10.3 Å². The Bertz CT molecular complexity index is 1920. The number of urea groups is 3. The van der Waals surface area contributed by atoms with Crippen LogP contribution in [-0.2, 0) is 17.8 Å². The molecule has 2 aromatic carbocycles. The highest BCUT2D eigenvalue weighted by atomic mass is 32.1. The molecule has 0 atom stereocenters. The van der Waals surface area contributed by atoms with Crippen LogP contribution in [0.1, 0.15) is 61.0 Å². The second-order valence-corrected chi connectivity index (χ2v) is 14.9. The number of carbonyl (C=O) groups is 4. The second kappa shape index (κ2) is 20.2. The largest absolute Gasteiger partial charge is 0.453 e. The molecule has 6 rings (SSSR count). The van der Waals surface area contributed by atoms with Crippen LogP contribution in [0.3, 0.4) is 0 Å². The lowest BCUT2D eigenvalue weighted by molar-refractivity contribution is 0.170. The third-order valence-corrected chi connectivity index (χ3v) is 10.4. The Morgan fingerprint density at radius 3 is 1.53 bits per heavy atom. The molecule has 0 spiro atoms. The lowest BCUT2D eigenvalue weighted by Gasteiger charge is -2.30. The van der Waals surface area contributed by atoms with Crippen molar-refractivity contribution in [1.29, 1.82) is 0 Å². The summed E-state index contributed by atoms with van der Waals surface area (Å²) in [4.78, 5) is 59.9. The summed E-state index contributed by atoms with van der Waals surface area (Å²) in [6.07, 6.45) is 6.65. The number of aromatic nitrogens is 2. The van der Waals surface area contributed by atoms with Gasteiger partial charge in [-0.15, -0.1) is 22.7 Å². The monoisotopic (exact) mass is 791 g/mol. The van der Waals surface area contributed by atoms with Crippen LogP contribution in [0.4, 0.5) is 52.2 Å². The molecule has 2 aliphatic rings. The molecule has 0 unspecified atom stereocenters. The number of carbonyl (C=O) groups excluding carboxylic acids is 4. The summed E-state index contributed by atoms with van der Waals surface area (Å²) in [7, 11) is 1.30. The number of anilines is 6. The van der Waals surface area contributed by atoms with E-state index < -0.39 is 12.1 Å². The van der Waals surface area contributed by atoms with Gasteiger partial charge in [-0.05, 0) is 87.8 Å². The van der Waals surface area contributed by atoms with Crippen LogP contribution in [0.5, 0.6) is 0 Å². The number of piperidine rings is 2. The average molecular weight is 792 g/mol. The molecule has 7 amide bonds. The number of thiazole rings is 2. The van der Waals surface area contributed by atoms with Crippen molar-refractivity contribution >= 4 is 79.9 Å². The van der Waals surface area contributed by atoms with Crippen molar-refractivity contribution in [1.82, 2.24) is 20.6 Å². The van der Waals surface area contributed by atoms with E-state index in [1.807, 2.05) is 24.3 Å². The zero-order chi connectivity index (χ0) is 39.2. The van der Waals surface area contributed by atoms with Gasteiger partial charge in [0.25, 0.3) is 0 Å². The molecular formula is C37H49N11O5S2. The summed E-state index contributed by atoms with van der Waals surface area (Å²) in [6.45, 7) is 8.58. The highest BCUT2D eigenvalue weighted by Crippen LogP contribution is 2.31. The van der Waals surface area contributed by atoms with E-state index in [9.17, 15) is 19.2 Å². The van der Waals surface area contributed by atoms with Gasteiger partial charge in [-0.2, -0.15) is 0 Å². The van der Waals surface area contributed by atoms with Gasteiger partial charge in [-0.1, -0.05) is 12.1 Å². The molecule has 294 valence electrons. The fourth-order valence-corrected chi connectivity index (χ4v) is 7.50. The number of hydrogen-bond acceptors (Lipinski definition) is 11. The van der Waals surface area contributed by atoms with Gasteiger partial charge in [-0.25, -0.2) is 29.1 Å². The second-order valence-electron chi connectivity index (χ2n) is 13.1. The fraction of sp³-hybridized carbons (Fsp3) is 0.405. The number of primary amides is 1. The molecule has 0 aliphatic carbocycles. The maximum Gasteiger partial charge on any atom is 0.407 e. The predicted molar refractivity (Wildman–Crippen MR) is 220 cm³/mol. The van der Waals surface area contributed by atoms with E-state index in [0.29, 0.717) is 21.7 Å². The minimum atomic E-state index is -0.611. The number of hydrogen-bond donors (Lipinski definition) is 7. The lowest BCUT2D eigenvalue weighted by Crippen LogP contribution is -2.31. The van der Waals surface area contributed by atoms with Gasteiger partial charge in [-0.3, -0.25) is 10.6 Å². The van der Waals surface area contributed by atoms with Gasteiger partial charge in [0.1, 0.15) is 0 Å². The van der Waals surface area contributed by atoms with E-state index in [1.54, 1.807) is 10.8 Å². The van der Waals surface area contributed by atoms with Crippen LogP contribution >= 0.6 is 22.7 Å². The molecule has 4 aromatic rings. The van der Waals surface area contributed by atoms with Crippen molar-refractivity contribution in [2.45, 2.75) is 65.5 Å². The quantitative estimate of drug-likeness (QED) is 0.0866. The normalized spacial score (nSPS) is 13.8. The first-order chi connectivity index (χ1) is 26.6. The molecule has 2 fully saturated rings. The highest BCUT2D eigenvalue weighted by Gasteiger charge is 2.18. The molecule has 55 heavy (non-hydrogen) atoms. The van der Waals surface area contributed by atoms with E-state index in [1.165, 1.54) is 68.3 Å². The summed E-state index contributed by atoms with van der Waals surface area (Å²) in [5.74, 6) is 0. The Morgan fingerprint density at radius 1 is 0.673 bits per heavy atom. The number of nitrogens with one attached hydrogen (secondary N) is 6. The number of nitrogens with zero attached hydrogens (tertiary/aromatic N) is 4.